The summed E-state index contributed by atoms with van der Waals surface area (Å²) in [5, 5.41) is 2.72. The van der Waals surface area contributed by atoms with Gasteiger partial charge in [-0.05, 0) is 19.3 Å². The Kier molecular flexibility index (Phi) is 7.60. The molecule has 0 aromatic heterocycles. The van der Waals surface area contributed by atoms with Gasteiger partial charge in [0.2, 0.25) is 0 Å². The normalized spacial score (nSPS) is 23.0. The number of carbonyl (C=O) groups excluding carboxylic acids is 2. The zero-order valence-corrected chi connectivity index (χ0v) is 10.7. The first-order chi connectivity index (χ1) is 7.67. The summed E-state index contributed by atoms with van der Waals surface area (Å²) in [6, 6.07) is 0.114. The Labute approximate surface area is 97.7 Å². The van der Waals surface area contributed by atoms with E-state index < -0.39 is 6.09 Å². The lowest BCUT2D eigenvalue weighted by molar-refractivity contribution is -0.122. The summed E-state index contributed by atoms with van der Waals surface area (Å²) in [6.45, 7) is 5.88. The third-order valence-electron chi connectivity index (χ3n) is 2.74. The van der Waals surface area contributed by atoms with E-state index >= 15 is 0 Å². The van der Waals surface area contributed by atoms with Gasteiger partial charge in [0.05, 0.1) is 7.11 Å². The third-order valence-corrected chi connectivity index (χ3v) is 2.74. The zero-order chi connectivity index (χ0) is 12.6. The van der Waals surface area contributed by atoms with Crippen LogP contribution < -0.4 is 5.32 Å². The average molecular weight is 229 g/mol. The number of carbonyl (C=O) groups is 2. The molecule has 1 aliphatic rings. The van der Waals surface area contributed by atoms with Gasteiger partial charge in [0, 0.05) is 18.4 Å². The minimum Gasteiger partial charge on any atom is -0.453 e. The van der Waals surface area contributed by atoms with E-state index in [1.165, 1.54) is 7.11 Å². The third kappa shape index (κ3) is 4.64. The maximum absolute atomic E-state index is 11.4. The molecule has 0 heterocycles. The van der Waals surface area contributed by atoms with Gasteiger partial charge < -0.3 is 10.1 Å². The molecule has 0 aliphatic heterocycles. The quantitative estimate of drug-likeness (QED) is 0.809. The number of amides is 1. The van der Waals surface area contributed by atoms with Gasteiger partial charge in [-0.15, -0.1) is 0 Å². The van der Waals surface area contributed by atoms with E-state index in [4.69, 9.17) is 0 Å². The second-order valence-corrected chi connectivity index (χ2v) is 3.66. The Hall–Kier alpha value is -1.06. The van der Waals surface area contributed by atoms with Crippen LogP contribution in [-0.4, -0.2) is 25.0 Å². The van der Waals surface area contributed by atoms with Crippen molar-refractivity contribution >= 4 is 11.9 Å². The number of ether oxygens (including phenoxy) is 1. The number of methoxy groups -OCH3 is 1. The van der Waals surface area contributed by atoms with Gasteiger partial charge in [-0.25, -0.2) is 4.79 Å². The lowest BCUT2D eigenvalue weighted by atomic mass is 10.0. The van der Waals surface area contributed by atoms with Gasteiger partial charge in [0.15, 0.2) is 0 Å². The van der Waals surface area contributed by atoms with Crippen LogP contribution in [0.2, 0.25) is 0 Å². The highest BCUT2D eigenvalue weighted by Gasteiger charge is 2.29. The molecule has 94 valence electrons. The molecule has 1 saturated carbocycles. The Balaban J connectivity index is 0.00000106. The van der Waals surface area contributed by atoms with Gasteiger partial charge in [0.1, 0.15) is 5.78 Å². The van der Waals surface area contributed by atoms with Gasteiger partial charge in [-0.2, -0.15) is 0 Å². The highest BCUT2D eigenvalue weighted by molar-refractivity contribution is 5.81. The second kappa shape index (κ2) is 8.13. The standard InChI is InChI=1S/C10H17NO3.C2H6/c1-3-9(12)7-4-5-8(6-7)11-10(13)14-2;1-2/h7-8H,3-6H2,1-2H3,(H,11,13);1-2H3. The maximum atomic E-state index is 11.4. The van der Waals surface area contributed by atoms with Crippen molar-refractivity contribution in [1.82, 2.24) is 5.32 Å². The molecule has 16 heavy (non-hydrogen) atoms. The van der Waals surface area contributed by atoms with Crippen LogP contribution in [0.5, 0.6) is 0 Å². The number of rotatable bonds is 3. The summed E-state index contributed by atoms with van der Waals surface area (Å²) in [5.41, 5.74) is 0. The molecule has 0 aromatic rings. The fourth-order valence-electron chi connectivity index (χ4n) is 1.92. The van der Waals surface area contributed by atoms with Crippen LogP contribution in [0.15, 0.2) is 0 Å². The Morgan fingerprint density at radius 1 is 1.31 bits per heavy atom. The summed E-state index contributed by atoms with van der Waals surface area (Å²) < 4.78 is 4.50. The molecular weight excluding hydrogens is 206 g/mol. The van der Waals surface area contributed by atoms with E-state index in [9.17, 15) is 9.59 Å². The fraction of sp³-hybridized carbons (Fsp3) is 0.833. The van der Waals surface area contributed by atoms with Crippen molar-refractivity contribution in [3.05, 3.63) is 0 Å². The number of alkyl carbamates (subject to hydrolysis) is 1. The summed E-state index contributed by atoms with van der Waals surface area (Å²) in [7, 11) is 1.35. The Bertz CT molecular complexity index is 228. The van der Waals surface area contributed by atoms with Crippen molar-refractivity contribution in [3.63, 3.8) is 0 Å². The van der Waals surface area contributed by atoms with Crippen molar-refractivity contribution in [2.45, 2.75) is 52.5 Å². The molecule has 4 heteroatoms. The molecule has 0 saturated heterocycles. The molecule has 1 rings (SSSR count). The molecule has 0 spiro atoms. The minimum atomic E-state index is -0.403. The first-order valence-corrected chi connectivity index (χ1v) is 6.04. The SMILES string of the molecule is CC.CCC(=O)C1CCC(NC(=O)OC)C1. The predicted molar refractivity (Wildman–Crippen MR) is 63.3 cm³/mol. The van der Waals surface area contributed by atoms with Crippen molar-refractivity contribution in [3.8, 4) is 0 Å². The topological polar surface area (TPSA) is 55.4 Å². The van der Waals surface area contributed by atoms with Crippen molar-refractivity contribution in [1.29, 1.82) is 0 Å². The molecule has 4 nitrogen and oxygen atoms in total. The van der Waals surface area contributed by atoms with E-state index in [0.717, 1.165) is 19.3 Å². The molecule has 1 aliphatic carbocycles. The summed E-state index contributed by atoms with van der Waals surface area (Å²) in [4.78, 5) is 22.3. The van der Waals surface area contributed by atoms with E-state index in [2.05, 4.69) is 10.1 Å². The Morgan fingerprint density at radius 3 is 2.44 bits per heavy atom. The van der Waals surface area contributed by atoms with E-state index in [1.54, 1.807) is 0 Å². The number of nitrogens with one attached hydrogen (secondary N) is 1. The maximum Gasteiger partial charge on any atom is 0.407 e. The van der Waals surface area contributed by atoms with E-state index in [1.807, 2.05) is 20.8 Å². The summed E-state index contributed by atoms with van der Waals surface area (Å²) >= 11 is 0. The number of Topliss-reactive ketones (excluding diaryl/α,β-unsaturated/α-hetero) is 1. The van der Waals surface area contributed by atoms with Crippen molar-refractivity contribution < 1.29 is 14.3 Å². The molecule has 0 aromatic carbocycles. The number of hydrogen-bond donors (Lipinski definition) is 1. The molecule has 0 bridgehead atoms. The Morgan fingerprint density at radius 2 is 1.94 bits per heavy atom. The monoisotopic (exact) mass is 229 g/mol. The minimum absolute atomic E-state index is 0.114. The number of hydrogen-bond acceptors (Lipinski definition) is 3. The summed E-state index contributed by atoms with van der Waals surface area (Å²) in [5.74, 6) is 0.446. The molecular formula is C12H23NO3. The number of ketones is 1. The molecule has 1 N–H and O–H groups in total. The van der Waals surface area contributed by atoms with Crippen LogP contribution in [0.3, 0.4) is 0 Å². The van der Waals surface area contributed by atoms with Gasteiger partial charge in [-0.3, -0.25) is 4.79 Å². The first kappa shape index (κ1) is 14.9. The average Bonchev–Trinajstić information content (AvgIpc) is 2.79. The fourth-order valence-corrected chi connectivity index (χ4v) is 1.92. The van der Waals surface area contributed by atoms with Crippen LogP contribution in [0.4, 0.5) is 4.79 Å². The van der Waals surface area contributed by atoms with Gasteiger partial charge in [0.25, 0.3) is 0 Å². The van der Waals surface area contributed by atoms with Crippen molar-refractivity contribution in [2.75, 3.05) is 7.11 Å². The lowest BCUT2D eigenvalue weighted by Crippen LogP contribution is -2.33. The van der Waals surface area contributed by atoms with Crippen molar-refractivity contribution in [2.24, 2.45) is 5.92 Å². The van der Waals surface area contributed by atoms with Crippen LogP contribution in [0.1, 0.15) is 46.5 Å². The molecule has 0 radical (unpaired) electrons. The molecule has 2 unspecified atom stereocenters. The predicted octanol–water partition coefficient (Wildman–Crippen LogP) is 2.52. The van der Waals surface area contributed by atoms with Gasteiger partial charge in [-0.1, -0.05) is 20.8 Å². The molecule has 1 amide bonds. The zero-order valence-electron chi connectivity index (χ0n) is 10.7. The van der Waals surface area contributed by atoms with Crippen LogP contribution in [0, 0.1) is 5.92 Å². The van der Waals surface area contributed by atoms with Gasteiger partial charge >= 0.3 is 6.09 Å². The molecule has 1 fully saturated rings. The molecule has 2 atom stereocenters. The van der Waals surface area contributed by atoms with Crippen LogP contribution >= 0.6 is 0 Å². The van der Waals surface area contributed by atoms with E-state index in [0.29, 0.717) is 12.2 Å². The van der Waals surface area contributed by atoms with Crippen LogP contribution in [-0.2, 0) is 9.53 Å². The highest BCUT2D eigenvalue weighted by Crippen LogP contribution is 2.27. The summed E-state index contributed by atoms with van der Waals surface area (Å²) in [6.07, 6.45) is 2.73. The van der Waals surface area contributed by atoms with E-state index in [-0.39, 0.29) is 12.0 Å². The smallest absolute Gasteiger partial charge is 0.407 e. The lowest BCUT2D eigenvalue weighted by Gasteiger charge is -2.11. The second-order valence-electron chi connectivity index (χ2n) is 3.66. The first-order valence-electron chi connectivity index (χ1n) is 6.04. The van der Waals surface area contributed by atoms with Crippen LogP contribution in [0.25, 0.3) is 0 Å². The largest absolute Gasteiger partial charge is 0.453 e. The highest BCUT2D eigenvalue weighted by atomic mass is 16.5.